The zero-order chi connectivity index (χ0) is 12.1. The predicted molar refractivity (Wildman–Crippen MR) is 56.5 cm³/mol. The van der Waals surface area contributed by atoms with Crippen molar-refractivity contribution < 1.29 is 19.8 Å². The van der Waals surface area contributed by atoms with Gasteiger partial charge in [-0.2, -0.15) is 0 Å². The fourth-order valence-electron chi connectivity index (χ4n) is 2.13. The van der Waals surface area contributed by atoms with Crippen molar-refractivity contribution in [3.05, 3.63) is 0 Å². The van der Waals surface area contributed by atoms with Crippen molar-refractivity contribution in [1.82, 2.24) is 5.32 Å². The molecule has 0 aromatic heterocycles. The van der Waals surface area contributed by atoms with E-state index in [1.165, 1.54) is 0 Å². The minimum Gasteiger partial charge on any atom is -0.480 e. The van der Waals surface area contributed by atoms with Crippen LogP contribution in [-0.4, -0.2) is 41.3 Å². The first-order valence-electron chi connectivity index (χ1n) is 5.44. The number of rotatable bonds is 5. The van der Waals surface area contributed by atoms with E-state index >= 15 is 0 Å². The number of carboxylic acid groups (broad SMARTS) is 1. The molecule has 92 valence electrons. The van der Waals surface area contributed by atoms with Crippen molar-refractivity contribution in [2.75, 3.05) is 13.2 Å². The van der Waals surface area contributed by atoms with Gasteiger partial charge in [-0.25, -0.2) is 4.79 Å². The quantitative estimate of drug-likeness (QED) is 0.480. The second-order valence-corrected chi connectivity index (χ2v) is 4.12. The molecule has 6 nitrogen and oxygen atoms in total. The summed E-state index contributed by atoms with van der Waals surface area (Å²) in [6.07, 6.45) is 2.59. The topological polar surface area (TPSA) is 113 Å². The van der Waals surface area contributed by atoms with Crippen LogP contribution in [0.2, 0.25) is 0 Å². The third-order valence-electron chi connectivity index (χ3n) is 3.10. The van der Waals surface area contributed by atoms with E-state index in [1.54, 1.807) is 0 Å². The smallest absolute Gasteiger partial charge is 0.328 e. The number of carboxylic acids is 1. The van der Waals surface area contributed by atoms with Gasteiger partial charge in [0.1, 0.15) is 6.04 Å². The molecule has 0 aromatic carbocycles. The molecule has 0 heterocycles. The van der Waals surface area contributed by atoms with E-state index in [1.807, 2.05) is 0 Å². The second-order valence-electron chi connectivity index (χ2n) is 4.12. The Morgan fingerprint density at radius 3 is 2.62 bits per heavy atom. The van der Waals surface area contributed by atoms with Gasteiger partial charge in [0.05, 0.1) is 6.61 Å². The normalized spacial score (nSPS) is 26.4. The summed E-state index contributed by atoms with van der Waals surface area (Å²) >= 11 is 0. The number of amides is 1. The molecule has 3 atom stereocenters. The van der Waals surface area contributed by atoms with Crippen LogP contribution in [0.5, 0.6) is 0 Å². The molecule has 5 N–H and O–H groups in total. The molecule has 0 bridgehead atoms. The zero-order valence-electron chi connectivity index (χ0n) is 9.06. The van der Waals surface area contributed by atoms with Crippen LogP contribution in [0.3, 0.4) is 0 Å². The van der Waals surface area contributed by atoms with Gasteiger partial charge in [0.25, 0.3) is 0 Å². The maximum absolute atomic E-state index is 11.7. The van der Waals surface area contributed by atoms with Gasteiger partial charge >= 0.3 is 5.97 Å². The Kier molecular flexibility index (Phi) is 4.70. The van der Waals surface area contributed by atoms with E-state index in [9.17, 15) is 9.59 Å². The van der Waals surface area contributed by atoms with Gasteiger partial charge in [-0.05, 0) is 25.3 Å². The van der Waals surface area contributed by atoms with Crippen molar-refractivity contribution in [1.29, 1.82) is 0 Å². The highest BCUT2D eigenvalue weighted by atomic mass is 16.4. The van der Waals surface area contributed by atoms with E-state index in [-0.39, 0.29) is 17.7 Å². The number of carbonyl (C=O) groups excluding carboxylic acids is 1. The predicted octanol–water partition coefficient (Wildman–Crippen LogP) is -1.08. The SMILES string of the molecule is NCC1CCCC1C(=O)N[C@@H](CO)C(=O)O. The minimum absolute atomic E-state index is 0.133. The van der Waals surface area contributed by atoms with Crippen LogP contribution in [0.25, 0.3) is 0 Å². The standard InChI is InChI=1S/C10H18N2O4/c11-4-6-2-1-3-7(6)9(14)12-8(5-13)10(15)16/h6-8,13H,1-5,11H2,(H,12,14)(H,15,16)/t6?,7?,8-/m0/s1. The Morgan fingerprint density at radius 1 is 1.44 bits per heavy atom. The number of hydrogen-bond acceptors (Lipinski definition) is 4. The highest BCUT2D eigenvalue weighted by Gasteiger charge is 2.33. The van der Waals surface area contributed by atoms with Crippen LogP contribution >= 0.6 is 0 Å². The first kappa shape index (κ1) is 12.9. The van der Waals surface area contributed by atoms with Crippen LogP contribution in [-0.2, 0) is 9.59 Å². The molecule has 0 saturated heterocycles. The summed E-state index contributed by atoms with van der Waals surface area (Å²) in [4.78, 5) is 22.4. The molecule has 1 rings (SSSR count). The summed E-state index contributed by atoms with van der Waals surface area (Å²) in [6.45, 7) is -0.157. The number of aliphatic hydroxyl groups is 1. The highest BCUT2D eigenvalue weighted by molar-refractivity contribution is 5.85. The lowest BCUT2D eigenvalue weighted by atomic mass is 9.95. The monoisotopic (exact) mass is 230 g/mol. The van der Waals surface area contributed by atoms with E-state index in [2.05, 4.69) is 5.32 Å². The fraction of sp³-hybridized carbons (Fsp3) is 0.800. The van der Waals surface area contributed by atoms with Crippen LogP contribution in [0.15, 0.2) is 0 Å². The molecule has 1 saturated carbocycles. The molecule has 0 aliphatic heterocycles. The first-order chi connectivity index (χ1) is 7.60. The lowest BCUT2D eigenvalue weighted by Crippen LogP contribution is -2.47. The Bertz CT molecular complexity index is 270. The number of aliphatic carboxylic acids is 1. The van der Waals surface area contributed by atoms with Crippen LogP contribution in [0.4, 0.5) is 0 Å². The van der Waals surface area contributed by atoms with Gasteiger partial charge in [-0.3, -0.25) is 4.79 Å². The lowest BCUT2D eigenvalue weighted by Gasteiger charge is -2.19. The Labute approximate surface area is 93.8 Å². The molecule has 1 aliphatic rings. The Balaban J connectivity index is 2.54. The summed E-state index contributed by atoms with van der Waals surface area (Å²) in [6, 6.07) is -1.22. The molecule has 1 fully saturated rings. The maximum Gasteiger partial charge on any atom is 0.328 e. The molecule has 16 heavy (non-hydrogen) atoms. The van der Waals surface area contributed by atoms with Crippen molar-refractivity contribution in [2.24, 2.45) is 17.6 Å². The van der Waals surface area contributed by atoms with Gasteiger partial charge < -0.3 is 21.3 Å². The van der Waals surface area contributed by atoms with E-state index < -0.39 is 18.6 Å². The van der Waals surface area contributed by atoms with Crippen LogP contribution in [0, 0.1) is 11.8 Å². The molecule has 1 aliphatic carbocycles. The first-order valence-corrected chi connectivity index (χ1v) is 5.44. The fourth-order valence-corrected chi connectivity index (χ4v) is 2.13. The molecular formula is C10H18N2O4. The number of carbonyl (C=O) groups is 2. The van der Waals surface area contributed by atoms with E-state index in [4.69, 9.17) is 15.9 Å². The third-order valence-corrected chi connectivity index (χ3v) is 3.10. The van der Waals surface area contributed by atoms with Gasteiger partial charge in [-0.15, -0.1) is 0 Å². The van der Waals surface area contributed by atoms with Crippen molar-refractivity contribution in [3.8, 4) is 0 Å². The highest BCUT2D eigenvalue weighted by Crippen LogP contribution is 2.30. The maximum atomic E-state index is 11.7. The van der Waals surface area contributed by atoms with Gasteiger partial charge in [0.2, 0.25) is 5.91 Å². The summed E-state index contributed by atoms with van der Waals surface area (Å²) in [5.41, 5.74) is 5.54. The van der Waals surface area contributed by atoms with E-state index in [0.717, 1.165) is 19.3 Å². The Hall–Kier alpha value is -1.14. The number of hydrogen-bond donors (Lipinski definition) is 4. The molecular weight excluding hydrogens is 212 g/mol. The molecule has 6 heteroatoms. The molecule has 0 spiro atoms. The summed E-state index contributed by atoms with van der Waals surface area (Å²) < 4.78 is 0. The molecule has 0 radical (unpaired) electrons. The summed E-state index contributed by atoms with van der Waals surface area (Å²) in [5.74, 6) is -1.61. The van der Waals surface area contributed by atoms with Crippen molar-refractivity contribution in [3.63, 3.8) is 0 Å². The third kappa shape index (κ3) is 2.93. The largest absolute Gasteiger partial charge is 0.480 e. The van der Waals surface area contributed by atoms with Gasteiger partial charge in [-0.1, -0.05) is 6.42 Å². The Morgan fingerprint density at radius 2 is 2.12 bits per heavy atom. The van der Waals surface area contributed by atoms with Crippen LogP contribution < -0.4 is 11.1 Å². The van der Waals surface area contributed by atoms with Gasteiger partial charge in [0, 0.05) is 5.92 Å². The molecule has 2 unspecified atom stereocenters. The lowest BCUT2D eigenvalue weighted by molar-refractivity contribution is -0.143. The summed E-state index contributed by atoms with van der Waals surface area (Å²) in [7, 11) is 0. The number of nitrogens with one attached hydrogen (secondary N) is 1. The second kappa shape index (κ2) is 5.81. The minimum atomic E-state index is -1.22. The average Bonchev–Trinajstić information content (AvgIpc) is 2.72. The van der Waals surface area contributed by atoms with Crippen LogP contribution in [0.1, 0.15) is 19.3 Å². The average molecular weight is 230 g/mol. The molecule has 0 aromatic rings. The number of nitrogens with two attached hydrogens (primary N) is 1. The number of aliphatic hydroxyl groups excluding tert-OH is 1. The van der Waals surface area contributed by atoms with E-state index in [0.29, 0.717) is 6.54 Å². The van der Waals surface area contributed by atoms with Gasteiger partial charge in [0.15, 0.2) is 0 Å². The van der Waals surface area contributed by atoms with Crippen molar-refractivity contribution in [2.45, 2.75) is 25.3 Å². The molecule has 1 amide bonds. The van der Waals surface area contributed by atoms with Crippen molar-refractivity contribution >= 4 is 11.9 Å². The zero-order valence-corrected chi connectivity index (χ0v) is 9.06. The summed E-state index contributed by atoms with van der Waals surface area (Å²) in [5, 5.41) is 19.8.